The molecule has 0 aliphatic carbocycles. The first kappa shape index (κ1) is 26.6. The third kappa shape index (κ3) is 4.42. The van der Waals surface area contributed by atoms with Crippen LogP contribution in [-0.4, -0.2) is 15.0 Å². The lowest BCUT2D eigenvalue weighted by molar-refractivity contribution is 0.669. The van der Waals surface area contributed by atoms with Crippen molar-refractivity contribution in [1.82, 2.24) is 15.0 Å². The van der Waals surface area contributed by atoms with Gasteiger partial charge in [-0.3, -0.25) is 0 Å². The van der Waals surface area contributed by atoms with Gasteiger partial charge in [0.2, 0.25) is 0 Å². The lowest BCUT2D eigenvalue weighted by Gasteiger charge is -2.12. The van der Waals surface area contributed by atoms with E-state index in [0.717, 1.165) is 55.0 Å². The molecule has 2 aromatic heterocycles. The molecular formula is C41H24ClN3O. The summed E-state index contributed by atoms with van der Waals surface area (Å²) in [5, 5.41) is 7.09. The number of nitrogens with zero attached hydrogens (tertiary/aromatic N) is 3. The van der Waals surface area contributed by atoms with Crippen LogP contribution in [0, 0.1) is 0 Å². The smallest absolute Gasteiger partial charge is 0.166 e. The Morgan fingerprint density at radius 2 is 1.07 bits per heavy atom. The topological polar surface area (TPSA) is 51.8 Å². The minimum atomic E-state index is 0.494. The van der Waals surface area contributed by atoms with Crippen LogP contribution >= 0.6 is 11.6 Å². The minimum absolute atomic E-state index is 0.494. The molecule has 0 saturated heterocycles. The van der Waals surface area contributed by atoms with Crippen molar-refractivity contribution in [3.63, 3.8) is 0 Å². The second-order valence-corrected chi connectivity index (χ2v) is 11.8. The van der Waals surface area contributed by atoms with Gasteiger partial charge in [0.05, 0.1) is 5.02 Å². The monoisotopic (exact) mass is 609 g/mol. The number of furan rings is 1. The van der Waals surface area contributed by atoms with Crippen LogP contribution in [0.15, 0.2) is 150 Å². The Bertz CT molecular complexity index is 2600. The quantitative estimate of drug-likeness (QED) is 0.199. The highest BCUT2D eigenvalue weighted by atomic mass is 35.5. The second kappa shape index (κ2) is 10.7. The molecule has 2 heterocycles. The molecule has 0 atom stereocenters. The third-order valence-corrected chi connectivity index (χ3v) is 8.92. The number of aromatic nitrogens is 3. The Labute approximate surface area is 269 Å². The number of hydrogen-bond acceptors (Lipinski definition) is 4. The molecule has 0 radical (unpaired) electrons. The van der Waals surface area contributed by atoms with Gasteiger partial charge in [-0.15, -0.1) is 0 Å². The van der Waals surface area contributed by atoms with E-state index < -0.39 is 0 Å². The molecule has 7 aromatic carbocycles. The molecule has 0 aliphatic rings. The highest BCUT2D eigenvalue weighted by molar-refractivity contribution is 6.35. The SMILES string of the molecule is Clc1ccc2oc3ccccc3c2c1-c1nc(-c2ccc(-c3cccc4ccccc34)cc2)nc(-c2ccc3ccccc3c2)n1. The normalized spacial score (nSPS) is 11.6. The highest BCUT2D eigenvalue weighted by Gasteiger charge is 2.20. The van der Waals surface area contributed by atoms with Crippen molar-refractivity contribution in [1.29, 1.82) is 0 Å². The molecule has 0 fully saturated rings. The van der Waals surface area contributed by atoms with Crippen LogP contribution in [0.3, 0.4) is 0 Å². The van der Waals surface area contributed by atoms with E-state index in [9.17, 15) is 0 Å². The van der Waals surface area contributed by atoms with Gasteiger partial charge in [-0.1, -0.05) is 133 Å². The maximum absolute atomic E-state index is 6.96. The third-order valence-electron chi connectivity index (χ3n) is 8.60. The van der Waals surface area contributed by atoms with E-state index >= 15 is 0 Å². The predicted molar refractivity (Wildman–Crippen MR) is 189 cm³/mol. The van der Waals surface area contributed by atoms with Gasteiger partial charge in [0, 0.05) is 27.5 Å². The van der Waals surface area contributed by atoms with Crippen molar-refractivity contribution in [2.24, 2.45) is 0 Å². The molecule has 46 heavy (non-hydrogen) atoms. The Morgan fingerprint density at radius 3 is 1.91 bits per heavy atom. The zero-order chi connectivity index (χ0) is 30.6. The molecule has 0 bridgehead atoms. The van der Waals surface area contributed by atoms with E-state index in [1.54, 1.807) is 0 Å². The Kier molecular flexibility index (Phi) is 6.15. The van der Waals surface area contributed by atoms with E-state index in [1.165, 1.54) is 16.3 Å². The molecule has 9 aromatic rings. The van der Waals surface area contributed by atoms with E-state index in [2.05, 4.69) is 97.1 Å². The summed E-state index contributed by atoms with van der Waals surface area (Å²) in [7, 11) is 0. The van der Waals surface area contributed by atoms with Gasteiger partial charge >= 0.3 is 0 Å². The lowest BCUT2D eigenvalue weighted by atomic mass is 9.97. The van der Waals surface area contributed by atoms with Crippen molar-refractivity contribution in [2.75, 3.05) is 0 Å². The average Bonchev–Trinajstić information content (AvgIpc) is 3.50. The second-order valence-electron chi connectivity index (χ2n) is 11.4. The molecular weight excluding hydrogens is 586 g/mol. The summed E-state index contributed by atoms with van der Waals surface area (Å²) in [6.45, 7) is 0. The molecule has 0 saturated carbocycles. The fourth-order valence-corrected chi connectivity index (χ4v) is 6.60. The Hall–Kier alpha value is -5.84. The average molecular weight is 610 g/mol. The molecule has 5 heteroatoms. The van der Waals surface area contributed by atoms with Crippen LogP contribution in [0.1, 0.15) is 0 Å². The molecule has 4 nitrogen and oxygen atoms in total. The van der Waals surface area contributed by atoms with Crippen LogP contribution in [0.4, 0.5) is 0 Å². The zero-order valence-electron chi connectivity index (χ0n) is 24.5. The van der Waals surface area contributed by atoms with Crippen LogP contribution < -0.4 is 0 Å². The van der Waals surface area contributed by atoms with Crippen molar-refractivity contribution in [3.8, 4) is 45.3 Å². The van der Waals surface area contributed by atoms with Gasteiger partial charge in [0.1, 0.15) is 11.2 Å². The van der Waals surface area contributed by atoms with Crippen LogP contribution in [0.2, 0.25) is 5.02 Å². The van der Waals surface area contributed by atoms with Crippen molar-refractivity contribution < 1.29 is 4.42 Å². The lowest BCUT2D eigenvalue weighted by Crippen LogP contribution is -2.01. The first-order valence-corrected chi connectivity index (χ1v) is 15.5. The first-order valence-electron chi connectivity index (χ1n) is 15.1. The first-order chi connectivity index (χ1) is 22.7. The van der Waals surface area contributed by atoms with Crippen molar-refractivity contribution in [2.45, 2.75) is 0 Å². The van der Waals surface area contributed by atoms with Gasteiger partial charge < -0.3 is 4.42 Å². The van der Waals surface area contributed by atoms with E-state index in [4.69, 9.17) is 31.0 Å². The summed E-state index contributed by atoms with van der Waals surface area (Å²) in [5.41, 5.74) is 6.34. The maximum Gasteiger partial charge on any atom is 0.166 e. The summed E-state index contributed by atoms with van der Waals surface area (Å²) in [4.78, 5) is 15.1. The van der Waals surface area contributed by atoms with Gasteiger partial charge in [0.15, 0.2) is 17.5 Å². The molecule has 0 unspecified atom stereocenters. The van der Waals surface area contributed by atoms with E-state index in [-0.39, 0.29) is 0 Å². The molecule has 0 spiro atoms. The summed E-state index contributed by atoms with van der Waals surface area (Å²) in [6.07, 6.45) is 0. The van der Waals surface area contributed by atoms with Crippen LogP contribution in [0.5, 0.6) is 0 Å². The largest absolute Gasteiger partial charge is 0.456 e. The van der Waals surface area contributed by atoms with Crippen LogP contribution in [-0.2, 0) is 0 Å². The number of benzene rings is 7. The maximum atomic E-state index is 6.96. The van der Waals surface area contributed by atoms with Gasteiger partial charge in [0.25, 0.3) is 0 Å². The zero-order valence-corrected chi connectivity index (χ0v) is 25.2. The summed E-state index contributed by atoms with van der Waals surface area (Å²) >= 11 is 6.96. The van der Waals surface area contributed by atoms with Crippen molar-refractivity contribution in [3.05, 3.63) is 151 Å². The Morgan fingerprint density at radius 1 is 0.435 bits per heavy atom. The van der Waals surface area contributed by atoms with Gasteiger partial charge in [-0.05, 0) is 56.9 Å². The number of rotatable bonds is 4. The Balaban J connectivity index is 1.25. The molecule has 216 valence electrons. The fourth-order valence-electron chi connectivity index (χ4n) is 6.36. The minimum Gasteiger partial charge on any atom is -0.456 e. The van der Waals surface area contributed by atoms with E-state index in [1.807, 2.05) is 48.5 Å². The summed E-state index contributed by atoms with van der Waals surface area (Å²) < 4.78 is 6.20. The molecule has 0 amide bonds. The van der Waals surface area contributed by atoms with Gasteiger partial charge in [-0.25, -0.2) is 15.0 Å². The van der Waals surface area contributed by atoms with E-state index in [0.29, 0.717) is 22.5 Å². The molecule has 0 N–H and O–H groups in total. The summed E-state index contributed by atoms with van der Waals surface area (Å²) in [6, 6.07) is 49.6. The number of halogens is 1. The van der Waals surface area contributed by atoms with Crippen molar-refractivity contribution >= 4 is 55.1 Å². The van der Waals surface area contributed by atoms with Gasteiger partial charge in [-0.2, -0.15) is 0 Å². The van der Waals surface area contributed by atoms with Crippen LogP contribution in [0.25, 0.3) is 88.8 Å². The number of fused-ring (bicyclic) bond motifs is 5. The standard InChI is InChI=1S/C41H24ClN3O/c42-34-22-23-36-37(33-13-5-6-15-35(33)46-36)38(34)41-44-39(43-40(45-41)30-21-16-25-8-1-2-10-29(25)24-30)28-19-17-27(18-20-28)32-14-7-11-26-9-3-4-12-31(26)32/h1-24H. The highest BCUT2D eigenvalue weighted by Crippen LogP contribution is 2.41. The predicted octanol–water partition coefficient (Wildman–Crippen LogP) is 11.4. The molecule has 9 rings (SSSR count). The fraction of sp³-hybridized carbons (Fsp3) is 0. The molecule has 0 aliphatic heterocycles. The number of hydrogen-bond donors (Lipinski definition) is 0. The number of para-hydroxylation sites is 1. The summed E-state index contributed by atoms with van der Waals surface area (Å²) in [5.74, 6) is 1.64.